The van der Waals surface area contributed by atoms with E-state index < -0.39 is 0 Å². The van der Waals surface area contributed by atoms with E-state index in [0.717, 1.165) is 19.6 Å². The number of para-hydroxylation sites is 1. The van der Waals surface area contributed by atoms with Crippen molar-refractivity contribution in [3.63, 3.8) is 0 Å². The van der Waals surface area contributed by atoms with Gasteiger partial charge in [-0.15, -0.1) is 0 Å². The van der Waals surface area contributed by atoms with Gasteiger partial charge in [-0.1, -0.05) is 48.5 Å². The lowest BCUT2D eigenvalue weighted by Gasteiger charge is -2.50. The van der Waals surface area contributed by atoms with E-state index in [-0.39, 0.29) is 29.8 Å². The minimum absolute atomic E-state index is 0.0263. The van der Waals surface area contributed by atoms with Crippen LogP contribution in [0.4, 0.5) is 0 Å². The first-order valence-corrected chi connectivity index (χ1v) is 10.0. The normalized spacial score (nSPS) is 20.3. The van der Waals surface area contributed by atoms with Crippen molar-refractivity contribution in [2.75, 3.05) is 39.8 Å². The number of rotatable bonds is 6. The summed E-state index contributed by atoms with van der Waals surface area (Å²) in [6.45, 7) is 3.60. The molecule has 2 amide bonds. The third kappa shape index (κ3) is 4.12. The monoisotopic (exact) mass is 393 g/mol. The molecule has 6 nitrogen and oxygen atoms in total. The first-order chi connectivity index (χ1) is 14.1. The van der Waals surface area contributed by atoms with Gasteiger partial charge >= 0.3 is 0 Å². The fourth-order valence-corrected chi connectivity index (χ4v) is 4.53. The van der Waals surface area contributed by atoms with Crippen LogP contribution in [0, 0.1) is 11.3 Å². The summed E-state index contributed by atoms with van der Waals surface area (Å²) in [5.74, 6) is 0.620. The van der Waals surface area contributed by atoms with Gasteiger partial charge in [-0.05, 0) is 17.7 Å². The van der Waals surface area contributed by atoms with Gasteiger partial charge in [0, 0.05) is 45.2 Å². The van der Waals surface area contributed by atoms with E-state index in [1.54, 1.807) is 7.05 Å². The van der Waals surface area contributed by atoms with E-state index in [1.165, 1.54) is 5.56 Å². The molecule has 1 N–H and O–H groups in total. The molecular weight excluding hydrogens is 366 g/mol. The molecule has 0 bridgehead atoms. The van der Waals surface area contributed by atoms with Crippen molar-refractivity contribution >= 4 is 11.8 Å². The first-order valence-electron chi connectivity index (χ1n) is 10.0. The predicted molar refractivity (Wildman–Crippen MR) is 110 cm³/mol. The highest BCUT2D eigenvalue weighted by molar-refractivity contribution is 5.82. The maximum atomic E-state index is 12.5. The molecular formula is C23H27N3O3. The average molecular weight is 393 g/mol. The Morgan fingerprint density at radius 2 is 1.69 bits per heavy atom. The summed E-state index contributed by atoms with van der Waals surface area (Å²) in [5.41, 5.74) is 1.07. The Kier molecular flexibility index (Phi) is 5.53. The molecule has 2 aromatic carbocycles. The molecule has 6 heteroatoms. The molecule has 1 atom stereocenters. The molecule has 4 rings (SSSR count). The summed E-state index contributed by atoms with van der Waals surface area (Å²) in [6, 6.07) is 19.6. The molecule has 0 saturated carbocycles. The largest absolute Gasteiger partial charge is 0.484 e. The zero-order valence-electron chi connectivity index (χ0n) is 16.7. The zero-order valence-corrected chi connectivity index (χ0v) is 16.7. The van der Waals surface area contributed by atoms with Crippen molar-refractivity contribution in [2.24, 2.45) is 11.3 Å². The van der Waals surface area contributed by atoms with Crippen molar-refractivity contribution in [3.05, 3.63) is 66.2 Å². The van der Waals surface area contributed by atoms with Crippen molar-refractivity contribution < 1.29 is 14.3 Å². The lowest BCUT2D eigenvalue weighted by molar-refractivity contribution is -0.151. The highest BCUT2D eigenvalue weighted by atomic mass is 16.5. The second-order valence-electron chi connectivity index (χ2n) is 8.04. The van der Waals surface area contributed by atoms with Gasteiger partial charge in [0.05, 0.1) is 5.92 Å². The van der Waals surface area contributed by atoms with Gasteiger partial charge in [0.25, 0.3) is 5.91 Å². The molecule has 2 aromatic rings. The van der Waals surface area contributed by atoms with Crippen molar-refractivity contribution in [2.45, 2.75) is 6.54 Å². The molecule has 0 aliphatic carbocycles. The topological polar surface area (TPSA) is 61.9 Å². The smallest absolute Gasteiger partial charge is 0.260 e. The quantitative estimate of drug-likeness (QED) is 0.813. The van der Waals surface area contributed by atoms with Gasteiger partial charge in [-0.3, -0.25) is 14.5 Å². The number of nitrogens with zero attached hydrogens (tertiary/aromatic N) is 2. The third-order valence-corrected chi connectivity index (χ3v) is 6.00. The Balaban J connectivity index is 1.37. The summed E-state index contributed by atoms with van der Waals surface area (Å²) >= 11 is 0. The molecule has 2 heterocycles. The van der Waals surface area contributed by atoms with Gasteiger partial charge < -0.3 is 15.0 Å². The van der Waals surface area contributed by atoms with Crippen LogP contribution < -0.4 is 10.1 Å². The van der Waals surface area contributed by atoms with Gasteiger partial charge in [-0.25, -0.2) is 0 Å². The highest BCUT2D eigenvalue weighted by Crippen LogP contribution is 2.44. The van der Waals surface area contributed by atoms with Crippen LogP contribution in [0.5, 0.6) is 5.75 Å². The first kappa shape index (κ1) is 19.5. The van der Waals surface area contributed by atoms with Crippen molar-refractivity contribution in [3.8, 4) is 5.75 Å². The maximum absolute atomic E-state index is 12.5. The molecule has 0 radical (unpaired) electrons. The van der Waals surface area contributed by atoms with Gasteiger partial charge in [0.2, 0.25) is 5.91 Å². The van der Waals surface area contributed by atoms with Crippen LogP contribution in [0.2, 0.25) is 0 Å². The second-order valence-corrected chi connectivity index (χ2v) is 8.04. The van der Waals surface area contributed by atoms with Crippen LogP contribution >= 0.6 is 0 Å². The standard InChI is InChI=1S/C23H27N3O3/c1-24-22(28)20-13-25(12-18-8-4-2-5-9-18)15-23(20)16-26(17-23)21(27)14-29-19-10-6-3-7-11-19/h2-11,20H,12-17H2,1H3,(H,24,28). The number of ether oxygens (including phenoxy) is 1. The Morgan fingerprint density at radius 1 is 1.03 bits per heavy atom. The molecule has 2 aliphatic heterocycles. The van der Waals surface area contributed by atoms with Crippen molar-refractivity contribution in [1.29, 1.82) is 0 Å². The number of amides is 2. The van der Waals surface area contributed by atoms with Crippen LogP contribution in [0.3, 0.4) is 0 Å². The van der Waals surface area contributed by atoms with Crippen LogP contribution in [0.15, 0.2) is 60.7 Å². The van der Waals surface area contributed by atoms with Crippen molar-refractivity contribution in [1.82, 2.24) is 15.1 Å². The molecule has 2 aliphatic rings. The molecule has 0 aromatic heterocycles. The summed E-state index contributed by atoms with van der Waals surface area (Å²) < 4.78 is 5.59. The van der Waals surface area contributed by atoms with E-state index in [2.05, 4.69) is 22.3 Å². The summed E-state index contributed by atoms with van der Waals surface area (Å²) in [7, 11) is 1.69. The van der Waals surface area contributed by atoms with E-state index >= 15 is 0 Å². The lowest BCUT2D eigenvalue weighted by atomic mass is 9.71. The van der Waals surface area contributed by atoms with Crippen LogP contribution in [0.25, 0.3) is 0 Å². The summed E-state index contributed by atoms with van der Waals surface area (Å²) in [4.78, 5) is 29.2. The number of carbonyl (C=O) groups excluding carboxylic acids is 2. The zero-order chi connectivity index (χ0) is 20.3. The third-order valence-electron chi connectivity index (χ3n) is 6.00. The van der Waals surface area contributed by atoms with E-state index in [0.29, 0.717) is 18.8 Å². The number of hydrogen-bond acceptors (Lipinski definition) is 4. The molecule has 1 spiro atoms. The van der Waals surface area contributed by atoms with E-state index in [4.69, 9.17) is 4.74 Å². The number of likely N-dealkylation sites (tertiary alicyclic amines) is 2. The number of carbonyl (C=O) groups is 2. The van der Waals surface area contributed by atoms with E-state index in [1.807, 2.05) is 53.4 Å². The van der Waals surface area contributed by atoms with Gasteiger partial charge in [0.15, 0.2) is 6.61 Å². The maximum Gasteiger partial charge on any atom is 0.260 e. The molecule has 1 unspecified atom stereocenters. The Bertz CT molecular complexity index is 850. The second kappa shape index (κ2) is 8.25. The lowest BCUT2D eigenvalue weighted by Crippen LogP contribution is -2.64. The molecule has 29 heavy (non-hydrogen) atoms. The molecule has 2 saturated heterocycles. The number of nitrogens with one attached hydrogen (secondary N) is 1. The predicted octanol–water partition coefficient (Wildman–Crippen LogP) is 1.77. The van der Waals surface area contributed by atoms with Gasteiger partial charge in [-0.2, -0.15) is 0 Å². The minimum Gasteiger partial charge on any atom is -0.484 e. The Labute approximate surface area is 171 Å². The highest BCUT2D eigenvalue weighted by Gasteiger charge is 2.57. The Morgan fingerprint density at radius 3 is 2.34 bits per heavy atom. The SMILES string of the molecule is CNC(=O)C1CN(Cc2ccccc2)CC12CN(C(=O)COc1ccccc1)C2. The fourth-order valence-electron chi connectivity index (χ4n) is 4.53. The van der Waals surface area contributed by atoms with Crippen LogP contribution in [0.1, 0.15) is 5.56 Å². The van der Waals surface area contributed by atoms with E-state index in [9.17, 15) is 9.59 Å². The molecule has 2 fully saturated rings. The van der Waals surface area contributed by atoms with Crippen LogP contribution in [-0.4, -0.2) is 61.4 Å². The average Bonchev–Trinajstić information content (AvgIpc) is 3.11. The summed E-state index contributed by atoms with van der Waals surface area (Å²) in [5, 5.41) is 2.81. The van der Waals surface area contributed by atoms with Crippen LogP contribution in [-0.2, 0) is 16.1 Å². The minimum atomic E-state index is -0.169. The summed E-state index contributed by atoms with van der Waals surface area (Å²) in [6.07, 6.45) is 0. The van der Waals surface area contributed by atoms with Gasteiger partial charge in [0.1, 0.15) is 5.75 Å². The fraction of sp³-hybridized carbons (Fsp3) is 0.391. The number of benzene rings is 2. The Hall–Kier alpha value is -2.86. The molecule has 152 valence electrons. The number of hydrogen-bond donors (Lipinski definition) is 1.